The van der Waals surface area contributed by atoms with Gasteiger partial charge in [0.15, 0.2) is 11.6 Å². The normalized spacial score (nSPS) is 18.7. The summed E-state index contributed by atoms with van der Waals surface area (Å²) in [4.78, 5) is 47.2. The van der Waals surface area contributed by atoms with Crippen LogP contribution in [0.2, 0.25) is 0 Å². The Morgan fingerprint density at radius 3 is 2.33 bits per heavy atom. The number of carboxylic acid groups (broad SMARTS) is 1. The second-order valence-corrected chi connectivity index (χ2v) is 8.91. The van der Waals surface area contributed by atoms with Crippen molar-refractivity contribution in [3.05, 3.63) is 47.5 Å². The van der Waals surface area contributed by atoms with Crippen molar-refractivity contribution < 1.29 is 52.4 Å². The Hall–Kier alpha value is -3.49. The van der Waals surface area contributed by atoms with Gasteiger partial charge in [0.05, 0.1) is 31.2 Å². The smallest absolute Gasteiger partial charge is 0.331 e. The number of carboxylic acids is 1. The van der Waals surface area contributed by atoms with Gasteiger partial charge in [-0.3, -0.25) is 14.4 Å². The number of benzene rings is 1. The predicted octanol–water partition coefficient (Wildman–Crippen LogP) is 0.418. The van der Waals surface area contributed by atoms with Crippen molar-refractivity contribution in [2.45, 2.75) is 38.8 Å². The van der Waals surface area contributed by atoms with E-state index in [-0.39, 0.29) is 56.1 Å². The van der Waals surface area contributed by atoms with E-state index in [9.17, 15) is 42.6 Å². The highest BCUT2D eigenvalue weighted by Crippen LogP contribution is 2.32. The number of nitrogens with two attached hydrogens (primary N) is 1. The van der Waals surface area contributed by atoms with E-state index in [1.54, 1.807) is 9.80 Å². The lowest BCUT2D eigenvalue weighted by molar-refractivity contribution is -0.139. The number of carbonyl (C=O) groups excluding carboxylic acids is 3. The van der Waals surface area contributed by atoms with Gasteiger partial charge in [0, 0.05) is 44.1 Å². The third kappa shape index (κ3) is 9.33. The number of fused-ring (bicyclic) bond motifs is 1. The fourth-order valence-electron chi connectivity index (χ4n) is 4.47. The summed E-state index contributed by atoms with van der Waals surface area (Å²) in [6, 6.07) is 0.260. The van der Waals surface area contributed by atoms with Crippen LogP contribution in [0.15, 0.2) is 24.5 Å². The van der Waals surface area contributed by atoms with Gasteiger partial charge in [0.2, 0.25) is 11.8 Å². The molecule has 11 nitrogen and oxygen atoms in total. The molecule has 3 rings (SSSR count). The molecule has 0 aromatic heterocycles. The van der Waals surface area contributed by atoms with Crippen LogP contribution in [0.25, 0.3) is 0 Å². The molecule has 2 amide bonds. The zero-order valence-corrected chi connectivity index (χ0v) is 20.3. The summed E-state index contributed by atoms with van der Waals surface area (Å²) in [5, 5.41) is 26.3. The molecular formula is C25H34F3N3O8. The molecule has 39 heavy (non-hydrogen) atoms. The number of carbonyl (C=O) groups is 4. The van der Waals surface area contributed by atoms with Crippen LogP contribution in [0.5, 0.6) is 0 Å². The van der Waals surface area contributed by atoms with E-state index in [2.05, 4.69) is 4.74 Å². The number of amides is 2. The zero-order chi connectivity index (χ0) is 28.4. The SMILES string of the molecule is C.N[C@@H](CC(=O)N1CC[C@H]2CN(C(=O)C(CO)CO)C[C@H]21)Cc1cc(F)c(F)cc1F.O=CO/C=C/C(=O)O. The van der Waals surface area contributed by atoms with E-state index in [0.29, 0.717) is 31.8 Å². The van der Waals surface area contributed by atoms with E-state index >= 15 is 0 Å². The standard InChI is InChI=1S/C20H26F3N3O4.C4H4O4.CH4/c21-15-6-17(23)16(22)4-12(15)3-14(24)5-19(29)26-2-1-11-7-25(8-18(11)26)20(30)13(9-27)10-28;5-3-8-2-1-4(6)7;/h4,6,11,13-14,18,27-28H,1-3,5,7-10,24H2;1-3H,(H,6,7);1H4/b;2-1+;/t11-,14+,18+;;/m0../s1. The summed E-state index contributed by atoms with van der Waals surface area (Å²) in [6.07, 6.45) is 2.02. The maximum absolute atomic E-state index is 13.8. The molecule has 2 saturated heterocycles. The molecule has 2 heterocycles. The summed E-state index contributed by atoms with van der Waals surface area (Å²) in [6.45, 7) is 0.540. The minimum absolute atomic E-state index is 0. The van der Waals surface area contributed by atoms with Crippen LogP contribution < -0.4 is 5.73 Å². The molecule has 5 N–H and O–H groups in total. The first kappa shape index (κ1) is 33.5. The summed E-state index contributed by atoms with van der Waals surface area (Å²) in [5.41, 5.74) is 5.88. The molecular weight excluding hydrogens is 527 g/mol. The van der Waals surface area contributed by atoms with Crippen LogP contribution >= 0.6 is 0 Å². The van der Waals surface area contributed by atoms with Crippen molar-refractivity contribution in [3.63, 3.8) is 0 Å². The molecule has 3 atom stereocenters. The lowest BCUT2D eigenvalue weighted by Crippen LogP contribution is -2.44. The van der Waals surface area contributed by atoms with Crippen LogP contribution in [0.3, 0.4) is 0 Å². The first-order valence-electron chi connectivity index (χ1n) is 11.7. The number of halogens is 3. The van der Waals surface area contributed by atoms with Gasteiger partial charge in [-0.15, -0.1) is 0 Å². The molecule has 0 radical (unpaired) electrons. The summed E-state index contributed by atoms with van der Waals surface area (Å²) >= 11 is 0. The maximum atomic E-state index is 13.8. The van der Waals surface area contributed by atoms with Crippen molar-refractivity contribution in [2.75, 3.05) is 32.8 Å². The highest BCUT2D eigenvalue weighted by Gasteiger charge is 2.45. The van der Waals surface area contributed by atoms with Gasteiger partial charge >= 0.3 is 5.97 Å². The fourth-order valence-corrected chi connectivity index (χ4v) is 4.47. The van der Waals surface area contributed by atoms with Crippen molar-refractivity contribution in [1.82, 2.24) is 9.80 Å². The lowest BCUT2D eigenvalue weighted by atomic mass is 10.0. The molecule has 218 valence electrons. The van der Waals surface area contributed by atoms with Gasteiger partial charge in [-0.1, -0.05) is 7.43 Å². The Kier molecular flexibility index (Phi) is 13.6. The minimum atomic E-state index is -1.28. The van der Waals surface area contributed by atoms with Gasteiger partial charge in [0.1, 0.15) is 12.1 Å². The maximum Gasteiger partial charge on any atom is 0.331 e. The van der Waals surface area contributed by atoms with Crippen LogP contribution in [0.4, 0.5) is 13.2 Å². The summed E-state index contributed by atoms with van der Waals surface area (Å²) < 4.78 is 44.1. The Balaban J connectivity index is 0.000000737. The molecule has 1 aromatic carbocycles. The van der Waals surface area contributed by atoms with Crippen molar-refractivity contribution in [1.29, 1.82) is 0 Å². The van der Waals surface area contributed by atoms with Crippen molar-refractivity contribution in [3.8, 4) is 0 Å². The second-order valence-electron chi connectivity index (χ2n) is 8.91. The number of aliphatic carboxylic acids is 1. The molecule has 0 saturated carbocycles. The third-order valence-corrected chi connectivity index (χ3v) is 6.32. The average Bonchev–Trinajstić information content (AvgIpc) is 3.44. The highest BCUT2D eigenvalue weighted by atomic mass is 19.2. The van der Waals surface area contributed by atoms with Gasteiger partial charge < -0.3 is 35.6 Å². The van der Waals surface area contributed by atoms with E-state index in [0.717, 1.165) is 18.7 Å². The van der Waals surface area contributed by atoms with Gasteiger partial charge in [0.25, 0.3) is 6.47 Å². The first-order chi connectivity index (χ1) is 18.0. The number of aliphatic hydroxyl groups is 2. The van der Waals surface area contributed by atoms with Crippen LogP contribution in [0, 0.1) is 29.3 Å². The van der Waals surface area contributed by atoms with E-state index in [1.165, 1.54) is 0 Å². The molecule has 0 spiro atoms. The van der Waals surface area contributed by atoms with E-state index < -0.39 is 48.6 Å². The van der Waals surface area contributed by atoms with Crippen LogP contribution in [0.1, 0.15) is 25.8 Å². The fraction of sp³-hybridized carbons (Fsp3) is 0.520. The number of rotatable bonds is 10. The quantitative estimate of drug-likeness (QED) is 0.137. The predicted molar refractivity (Wildman–Crippen MR) is 131 cm³/mol. The van der Waals surface area contributed by atoms with Crippen molar-refractivity contribution >= 4 is 24.3 Å². The Bertz CT molecular complexity index is 1040. The number of hydrogen-bond donors (Lipinski definition) is 4. The molecule has 0 aliphatic carbocycles. The minimum Gasteiger partial charge on any atom is -0.478 e. The molecule has 1 aromatic rings. The number of aliphatic hydroxyl groups excluding tert-OH is 2. The average molecular weight is 562 g/mol. The molecule has 14 heteroatoms. The summed E-state index contributed by atoms with van der Waals surface area (Å²) in [7, 11) is 0. The van der Waals surface area contributed by atoms with Crippen LogP contribution in [-0.4, -0.2) is 94.3 Å². The molecule has 2 fully saturated rings. The topological polar surface area (TPSA) is 171 Å². The van der Waals surface area contributed by atoms with Crippen LogP contribution in [-0.2, 0) is 30.3 Å². The molecule has 0 unspecified atom stereocenters. The first-order valence-corrected chi connectivity index (χ1v) is 11.7. The van der Waals surface area contributed by atoms with E-state index in [1.807, 2.05) is 0 Å². The number of nitrogens with zero attached hydrogens (tertiary/aromatic N) is 2. The molecule has 2 aliphatic rings. The third-order valence-electron chi connectivity index (χ3n) is 6.32. The Labute approximate surface area is 223 Å². The largest absolute Gasteiger partial charge is 0.478 e. The van der Waals surface area contributed by atoms with Gasteiger partial charge in [-0.05, 0) is 24.5 Å². The van der Waals surface area contributed by atoms with Gasteiger partial charge in [-0.2, -0.15) is 0 Å². The monoisotopic (exact) mass is 561 g/mol. The molecule has 2 aliphatic heterocycles. The Morgan fingerprint density at radius 1 is 1.10 bits per heavy atom. The van der Waals surface area contributed by atoms with Crippen molar-refractivity contribution in [2.24, 2.45) is 17.6 Å². The summed E-state index contributed by atoms with van der Waals surface area (Å²) in [5.74, 6) is -5.86. The highest BCUT2D eigenvalue weighted by molar-refractivity contribution is 5.81. The zero-order valence-electron chi connectivity index (χ0n) is 20.3. The number of ether oxygens (including phenoxy) is 1. The lowest BCUT2D eigenvalue weighted by Gasteiger charge is -2.27. The van der Waals surface area contributed by atoms with E-state index in [4.69, 9.17) is 10.8 Å². The number of hydrogen-bond acceptors (Lipinski definition) is 8. The molecule has 0 bridgehead atoms. The van der Waals surface area contributed by atoms with Gasteiger partial charge in [-0.25, -0.2) is 18.0 Å². The Morgan fingerprint density at radius 2 is 1.74 bits per heavy atom. The second kappa shape index (κ2) is 15.8. The number of likely N-dealkylation sites (tertiary alicyclic amines) is 2.